The second kappa shape index (κ2) is 8.55. The third-order valence-corrected chi connectivity index (χ3v) is 5.54. The highest BCUT2D eigenvalue weighted by molar-refractivity contribution is 6.03. The highest BCUT2D eigenvalue weighted by Crippen LogP contribution is 2.20. The van der Waals surface area contributed by atoms with Gasteiger partial charge < -0.3 is 24.8 Å². The zero-order chi connectivity index (χ0) is 20.2. The fraction of sp³-hybridized carbons (Fsp3) is 0.476. The van der Waals surface area contributed by atoms with Crippen LogP contribution in [0.15, 0.2) is 46.1 Å². The molecule has 1 aromatic rings. The highest BCUT2D eigenvalue weighted by Gasteiger charge is 2.27. The number of methoxy groups -OCH3 is 1. The normalized spacial score (nSPS) is 20.9. The maximum Gasteiger partial charge on any atom is 0.317 e. The molecular formula is C21H28N6O2. The van der Waals surface area contributed by atoms with Crippen molar-refractivity contribution in [3.63, 3.8) is 0 Å². The largest absolute Gasteiger partial charge is 0.497 e. The van der Waals surface area contributed by atoms with Crippen molar-refractivity contribution in [3.8, 4) is 5.75 Å². The molecule has 29 heavy (non-hydrogen) atoms. The number of urea groups is 1. The summed E-state index contributed by atoms with van der Waals surface area (Å²) in [4.78, 5) is 28.1. The maximum absolute atomic E-state index is 12.5. The topological polar surface area (TPSA) is 72.8 Å². The van der Waals surface area contributed by atoms with Gasteiger partial charge in [0, 0.05) is 45.3 Å². The summed E-state index contributed by atoms with van der Waals surface area (Å²) in [5.41, 5.74) is 1.02. The molecule has 1 aromatic carbocycles. The zero-order valence-corrected chi connectivity index (χ0v) is 17.0. The van der Waals surface area contributed by atoms with E-state index in [-0.39, 0.29) is 6.03 Å². The minimum absolute atomic E-state index is 0.0364. The fourth-order valence-electron chi connectivity index (χ4n) is 3.73. The predicted octanol–water partition coefficient (Wildman–Crippen LogP) is 1.90. The van der Waals surface area contributed by atoms with Crippen LogP contribution in [0.3, 0.4) is 0 Å². The second-order valence-corrected chi connectivity index (χ2v) is 7.43. The third-order valence-electron chi connectivity index (χ3n) is 5.54. The van der Waals surface area contributed by atoms with Crippen LogP contribution in [0.25, 0.3) is 0 Å². The summed E-state index contributed by atoms with van der Waals surface area (Å²) in [6.07, 6.45) is 4.99. The van der Waals surface area contributed by atoms with Crippen LogP contribution in [0.4, 0.5) is 4.79 Å². The molecule has 0 spiro atoms. The lowest BCUT2D eigenvalue weighted by atomic mass is 10.2. The Balaban J connectivity index is 1.28. The molecule has 1 saturated heterocycles. The maximum atomic E-state index is 12.5. The minimum atomic E-state index is -0.0364. The van der Waals surface area contributed by atoms with Gasteiger partial charge in [0.15, 0.2) is 0 Å². The average molecular weight is 396 g/mol. The van der Waals surface area contributed by atoms with E-state index >= 15 is 0 Å². The monoisotopic (exact) mass is 396 g/mol. The first-order chi connectivity index (χ1) is 14.2. The number of nitrogens with one attached hydrogen (secondary N) is 1. The molecule has 0 radical (unpaired) electrons. The fourth-order valence-corrected chi connectivity index (χ4v) is 3.73. The van der Waals surface area contributed by atoms with E-state index in [1.165, 1.54) is 0 Å². The number of carbonyl (C=O) groups is 1. The third kappa shape index (κ3) is 4.36. The van der Waals surface area contributed by atoms with Crippen molar-refractivity contribution in [2.45, 2.75) is 25.9 Å². The second-order valence-electron chi connectivity index (χ2n) is 7.43. The number of fused-ring (bicyclic) bond motifs is 1. The first-order valence-corrected chi connectivity index (χ1v) is 10.2. The van der Waals surface area contributed by atoms with Gasteiger partial charge in [-0.15, -0.1) is 0 Å². The van der Waals surface area contributed by atoms with E-state index in [1.54, 1.807) is 7.11 Å². The van der Waals surface area contributed by atoms with E-state index in [2.05, 4.69) is 33.1 Å². The van der Waals surface area contributed by atoms with E-state index < -0.39 is 0 Å². The van der Waals surface area contributed by atoms with E-state index in [0.29, 0.717) is 25.7 Å². The van der Waals surface area contributed by atoms with Crippen molar-refractivity contribution in [3.05, 3.63) is 41.7 Å². The molecule has 0 aliphatic carbocycles. The molecule has 3 heterocycles. The summed E-state index contributed by atoms with van der Waals surface area (Å²) in [7, 11) is 1.64. The van der Waals surface area contributed by atoms with Gasteiger partial charge in [-0.2, -0.15) is 0 Å². The summed E-state index contributed by atoms with van der Waals surface area (Å²) in [6, 6.07) is 8.06. The molecule has 0 saturated carbocycles. The van der Waals surface area contributed by atoms with Crippen LogP contribution in [-0.4, -0.2) is 78.8 Å². The number of amidine groups is 1. The van der Waals surface area contributed by atoms with Gasteiger partial charge in [-0.3, -0.25) is 4.99 Å². The van der Waals surface area contributed by atoms with E-state index in [0.717, 1.165) is 49.0 Å². The van der Waals surface area contributed by atoms with Gasteiger partial charge in [-0.1, -0.05) is 19.1 Å². The number of hydrogen-bond acceptors (Lipinski definition) is 6. The number of piperazine rings is 1. The highest BCUT2D eigenvalue weighted by atomic mass is 16.5. The molecule has 0 aromatic heterocycles. The van der Waals surface area contributed by atoms with Gasteiger partial charge in [0.05, 0.1) is 19.5 Å². The Bertz CT molecular complexity index is 841. The molecule has 8 heteroatoms. The number of hydrogen-bond donors (Lipinski definition) is 1. The van der Waals surface area contributed by atoms with Gasteiger partial charge in [0.25, 0.3) is 0 Å². The lowest BCUT2D eigenvalue weighted by Crippen LogP contribution is -2.51. The van der Waals surface area contributed by atoms with E-state index in [1.807, 2.05) is 35.5 Å². The summed E-state index contributed by atoms with van der Waals surface area (Å²) in [5.74, 6) is 2.73. The summed E-state index contributed by atoms with van der Waals surface area (Å²) >= 11 is 0. The van der Waals surface area contributed by atoms with Crippen molar-refractivity contribution in [1.29, 1.82) is 0 Å². The summed E-state index contributed by atoms with van der Waals surface area (Å²) in [5, 5.41) is 3.00. The standard InChI is InChI=1S/C21H28N6O2/c1-3-17-14-27-15-23-19(12-20(27)24-17)25-7-9-26(10-8-25)21(28)22-13-16-5-4-6-18(11-16)29-2/h4-6,11-12,15,17H,3,7-10,13-14H2,1-2H3,(H,22,28). The molecule has 154 valence electrons. The molecule has 1 unspecified atom stereocenters. The summed E-state index contributed by atoms with van der Waals surface area (Å²) < 4.78 is 5.23. The van der Waals surface area contributed by atoms with Crippen molar-refractivity contribution >= 4 is 18.2 Å². The van der Waals surface area contributed by atoms with Gasteiger partial charge in [0.2, 0.25) is 0 Å². The average Bonchev–Trinajstić information content (AvgIpc) is 3.20. The Morgan fingerprint density at radius 2 is 2.10 bits per heavy atom. The van der Waals surface area contributed by atoms with Crippen LogP contribution >= 0.6 is 0 Å². The van der Waals surface area contributed by atoms with Crippen molar-refractivity contribution in [1.82, 2.24) is 20.0 Å². The lowest BCUT2D eigenvalue weighted by molar-refractivity contribution is 0.156. The van der Waals surface area contributed by atoms with Gasteiger partial charge in [-0.25, -0.2) is 9.79 Å². The SMILES string of the molecule is CCC1CN2C=NC(N3CCN(C(=O)NCc4cccc(OC)c4)CC3)=CC2=N1. The molecule has 1 N–H and O–H groups in total. The molecule has 1 atom stereocenters. The number of amides is 2. The number of benzene rings is 1. The quantitative estimate of drug-likeness (QED) is 0.825. The Hall–Kier alpha value is -3.03. The number of ether oxygens (including phenoxy) is 1. The Kier molecular flexibility index (Phi) is 5.69. The number of aliphatic imine (C=N–C) groups is 2. The van der Waals surface area contributed by atoms with Gasteiger partial charge >= 0.3 is 6.03 Å². The van der Waals surface area contributed by atoms with Crippen LogP contribution in [0.1, 0.15) is 18.9 Å². The molecule has 2 amide bonds. The van der Waals surface area contributed by atoms with Crippen LogP contribution in [0, 0.1) is 0 Å². The summed E-state index contributed by atoms with van der Waals surface area (Å²) in [6.45, 7) is 6.43. The van der Waals surface area contributed by atoms with Crippen molar-refractivity contribution in [2.24, 2.45) is 9.98 Å². The van der Waals surface area contributed by atoms with Crippen LogP contribution in [0.5, 0.6) is 5.75 Å². The first kappa shape index (κ1) is 19.3. The molecule has 4 rings (SSSR count). The molecule has 1 fully saturated rings. The molecule has 0 bridgehead atoms. The van der Waals surface area contributed by atoms with Crippen molar-refractivity contribution in [2.75, 3.05) is 39.8 Å². The van der Waals surface area contributed by atoms with Gasteiger partial charge in [-0.05, 0) is 24.1 Å². The molecule has 8 nitrogen and oxygen atoms in total. The molecular weight excluding hydrogens is 368 g/mol. The number of rotatable bonds is 5. The Morgan fingerprint density at radius 1 is 1.28 bits per heavy atom. The van der Waals surface area contributed by atoms with Crippen LogP contribution < -0.4 is 10.1 Å². The molecule has 3 aliphatic heterocycles. The minimum Gasteiger partial charge on any atom is -0.497 e. The predicted molar refractivity (Wildman–Crippen MR) is 113 cm³/mol. The Morgan fingerprint density at radius 3 is 2.86 bits per heavy atom. The van der Waals surface area contributed by atoms with Crippen LogP contribution in [0.2, 0.25) is 0 Å². The Labute approximate surface area is 171 Å². The zero-order valence-electron chi connectivity index (χ0n) is 17.0. The van der Waals surface area contributed by atoms with Crippen LogP contribution in [-0.2, 0) is 6.54 Å². The lowest BCUT2D eigenvalue weighted by Gasteiger charge is -2.36. The number of carbonyl (C=O) groups excluding carboxylic acids is 1. The molecule has 3 aliphatic rings. The van der Waals surface area contributed by atoms with Crippen molar-refractivity contribution < 1.29 is 9.53 Å². The first-order valence-electron chi connectivity index (χ1n) is 10.2. The number of nitrogens with zero attached hydrogens (tertiary/aromatic N) is 5. The van der Waals surface area contributed by atoms with E-state index in [4.69, 9.17) is 9.73 Å². The smallest absolute Gasteiger partial charge is 0.317 e. The van der Waals surface area contributed by atoms with E-state index in [9.17, 15) is 4.79 Å². The van der Waals surface area contributed by atoms with Gasteiger partial charge in [0.1, 0.15) is 17.4 Å².